The van der Waals surface area contributed by atoms with Crippen LogP contribution in [0.5, 0.6) is 0 Å². The van der Waals surface area contributed by atoms with E-state index >= 15 is 0 Å². The second-order valence-corrected chi connectivity index (χ2v) is 4.84. The molecule has 2 N–H and O–H groups in total. The molecule has 1 aromatic carbocycles. The van der Waals surface area contributed by atoms with Gasteiger partial charge in [-0.3, -0.25) is 0 Å². The van der Waals surface area contributed by atoms with Gasteiger partial charge < -0.3 is 10.4 Å². The Morgan fingerprint density at radius 3 is 2.83 bits per heavy atom. The van der Waals surface area contributed by atoms with Crippen molar-refractivity contribution in [2.75, 3.05) is 5.32 Å². The van der Waals surface area contributed by atoms with Gasteiger partial charge in [0.15, 0.2) is 0 Å². The second-order valence-electron chi connectivity index (χ2n) is 3.49. The molecule has 0 aliphatic heterocycles. The Morgan fingerprint density at radius 1 is 1.39 bits per heavy atom. The maximum Gasteiger partial charge on any atom is 0.339 e. The van der Waals surface area contributed by atoms with Crippen LogP contribution in [0, 0.1) is 0 Å². The molecular formula is C12H8BrClN2O2. The highest BCUT2D eigenvalue weighted by Gasteiger charge is 2.10. The van der Waals surface area contributed by atoms with E-state index in [1.165, 1.54) is 12.3 Å². The van der Waals surface area contributed by atoms with Crippen LogP contribution in [0.25, 0.3) is 0 Å². The second kappa shape index (κ2) is 5.37. The van der Waals surface area contributed by atoms with E-state index in [2.05, 4.69) is 26.2 Å². The van der Waals surface area contributed by atoms with Crippen LogP contribution in [0.1, 0.15) is 10.4 Å². The lowest BCUT2D eigenvalue weighted by Gasteiger charge is -2.09. The summed E-state index contributed by atoms with van der Waals surface area (Å²) < 4.78 is 0.797. The van der Waals surface area contributed by atoms with E-state index in [1.807, 2.05) is 0 Å². The number of hydrogen-bond acceptors (Lipinski definition) is 3. The zero-order chi connectivity index (χ0) is 13.1. The van der Waals surface area contributed by atoms with Gasteiger partial charge in [-0.05, 0) is 30.3 Å². The van der Waals surface area contributed by atoms with Gasteiger partial charge in [-0.2, -0.15) is 0 Å². The smallest absolute Gasteiger partial charge is 0.339 e. The van der Waals surface area contributed by atoms with Gasteiger partial charge in [0, 0.05) is 21.4 Å². The molecule has 2 aromatic rings. The number of halogens is 2. The van der Waals surface area contributed by atoms with Crippen LogP contribution in [0.2, 0.25) is 5.02 Å². The van der Waals surface area contributed by atoms with Gasteiger partial charge >= 0.3 is 5.97 Å². The molecule has 0 unspecified atom stereocenters. The largest absolute Gasteiger partial charge is 0.478 e. The fourth-order valence-electron chi connectivity index (χ4n) is 1.44. The summed E-state index contributed by atoms with van der Waals surface area (Å²) in [6.07, 6.45) is 1.52. The molecule has 4 nitrogen and oxygen atoms in total. The molecule has 1 heterocycles. The highest BCUT2D eigenvalue weighted by Crippen LogP contribution is 2.26. The first-order valence-corrected chi connectivity index (χ1v) is 6.15. The lowest BCUT2D eigenvalue weighted by Crippen LogP contribution is -2.04. The molecule has 0 bridgehead atoms. The third-order valence-corrected chi connectivity index (χ3v) is 2.84. The summed E-state index contributed by atoms with van der Waals surface area (Å²) in [5.41, 5.74) is 0.768. The monoisotopic (exact) mass is 326 g/mol. The number of hydrogen-bond donors (Lipinski definition) is 2. The van der Waals surface area contributed by atoms with Crippen molar-refractivity contribution in [2.24, 2.45) is 0 Å². The van der Waals surface area contributed by atoms with Crippen LogP contribution in [0.3, 0.4) is 0 Å². The van der Waals surface area contributed by atoms with Crippen molar-refractivity contribution in [2.45, 2.75) is 0 Å². The van der Waals surface area contributed by atoms with Gasteiger partial charge in [0.25, 0.3) is 0 Å². The Bertz CT molecular complexity index is 584. The first-order chi connectivity index (χ1) is 8.56. The first kappa shape index (κ1) is 12.9. The fourth-order valence-corrected chi connectivity index (χ4v) is 2.30. The minimum absolute atomic E-state index is 0.105. The molecular weight excluding hydrogens is 320 g/mol. The van der Waals surface area contributed by atoms with Crippen molar-refractivity contribution in [3.05, 3.63) is 51.6 Å². The average molecular weight is 328 g/mol. The third-order valence-electron chi connectivity index (χ3n) is 2.16. The number of carbonyl (C=O) groups is 1. The molecule has 1 aromatic heterocycles. The van der Waals surface area contributed by atoms with E-state index in [9.17, 15) is 4.79 Å². The molecule has 92 valence electrons. The van der Waals surface area contributed by atoms with Crippen LogP contribution < -0.4 is 5.32 Å². The minimum Gasteiger partial charge on any atom is -0.478 e. The molecule has 0 saturated heterocycles. The molecule has 0 aliphatic carbocycles. The number of pyridine rings is 1. The molecule has 0 aliphatic rings. The van der Waals surface area contributed by atoms with E-state index in [0.717, 1.165) is 4.47 Å². The molecule has 0 fully saturated rings. The maximum absolute atomic E-state index is 11.0. The summed E-state index contributed by atoms with van der Waals surface area (Å²) in [6.45, 7) is 0. The average Bonchev–Trinajstić information content (AvgIpc) is 2.27. The van der Waals surface area contributed by atoms with Gasteiger partial charge in [0.1, 0.15) is 11.4 Å². The van der Waals surface area contributed by atoms with Gasteiger partial charge in [-0.25, -0.2) is 9.78 Å². The van der Waals surface area contributed by atoms with Crippen molar-refractivity contribution in [3.63, 3.8) is 0 Å². The molecule has 6 heteroatoms. The van der Waals surface area contributed by atoms with Crippen LogP contribution in [-0.4, -0.2) is 16.1 Å². The Labute approximate surface area is 117 Å². The Kier molecular flexibility index (Phi) is 3.84. The zero-order valence-corrected chi connectivity index (χ0v) is 11.4. The van der Waals surface area contributed by atoms with Gasteiger partial charge in [-0.1, -0.05) is 27.5 Å². The summed E-state index contributed by atoms with van der Waals surface area (Å²) in [6, 6.07) is 8.27. The SMILES string of the molecule is O=C(O)c1cccnc1Nc1cc(Cl)cc(Br)c1. The van der Waals surface area contributed by atoms with Crippen LogP contribution in [0.4, 0.5) is 11.5 Å². The van der Waals surface area contributed by atoms with E-state index in [1.54, 1.807) is 24.3 Å². The molecule has 0 saturated carbocycles. The number of aromatic carboxylic acids is 1. The molecule has 2 rings (SSSR count). The highest BCUT2D eigenvalue weighted by atomic mass is 79.9. The third kappa shape index (κ3) is 3.00. The van der Waals surface area contributed by atoms with Crippen molar-refractivity contribution >= 4 is 45.0 Å². The molecule has 18 heavy (non-hydrogen) atoms. The van der Waals surface area contributed by atoms with Crippen LogP contribution >= 0.6 is 27.5 Å². The summed E-state index contributed by atoms with van der Waals surface area (Å²) in [5.74, 6) is -0.758. The molecule has 0 atom stereocenters. The standard InChI is InChI=1S/C12H8BrClN2O2/c13-7-4-8(14)6-9(5-7)16-11-10(12(17)18)2-1-3-15-11/h1-6H,(H,15,16)(H,17,18). The summed E-state index contributed by atoms with van der Waals surface area (Å²) >= 11 is 9.22. The van der Waals surface area contributed by atoms with E-state index in [0.29, 0.717) is 10.7 Å². The predicted octanol–water partition coefficient (Wildman–Crippen LogP) is 3.94. The Hall–Kier alpha value is -1.59. The molecule has 0 spiro atoms. The number of carboxylic acids is 1. The van der Waals surface area contributed by atoms with Crippen molar-refractivity contribution in [1.29, 1.82) is 0 Å². The number of nitrogens with one attached hydrogen (secondary N) is 1. The highest BCUT2D eigenvalue weighted by molar-refractivity contribution is 9.10. The van der Waals surface area contributed by atoms with Gasteiger partial charge in [0.05, 0.1) is 0 Å². The number of anilines is 2. The van der Waals surface area contributed by atoms with Crippen molar-refractivity contribution in [1.82, 2.24) is 4.98 Å². The molecule has 0 radical (unpaired) electrons. The minimum atomic E-state index is -1.04. The van der Waals surface area contributed by atoms with Crippen LogP contribution in [0.15, 0.2) is 41.0 Å². The Balaban J connectivity index is 2.37. The van der Waals surface area contributed by atoms with Crippen molar-refractivity contribution in [3.8, 4) is 0 Å². The number of carboxylic acid groups (broad SMARTS) is 1. The van der Waals surface area contributed by atoms with Gasteiger partial charge in [-0.15, -0.1) is 0 Å². The maximum atomic E-state index is 11.0. The quantitative estimate of drug-likeness (QED) is 0.896. The van der Waals surface area contributed by atoms with Gasteiger partial charge in [0.2, 0.25) is 0 Å². The van der Waals surface area contributed by atoms with E-state index < -0.39 is 5.97 Å². The summed E-state index contributed by atoms with van der Waals surface area (Å²) in [7, 11) is 0. The molecule has 0 amide bonds. The van der Waals surface area contributed by atoms with E-state index in [4.69, 9.17) is 16.7 Å². The first-order valence-electron chi connectivity index (χ1n) is 4.97. The van der Waals surface area contributed by atoms with Crippen molar-refractivity contribution < 1.29 is 9.90 Å². The van der Waals surface area contributed by atoms with E-state index in [-0.39, 0.29) is 11.4 Å². The topological polar surface area (TPSA) is 62.2 Å². The summed E-state index contributed by atoms with van der Waals surface area (Å²) in [5, 5.41) is 12.5. The number of nitrogens with zero attached hydrogens (tertiary/aromatic N) is 1. The number of benzene rings is 1. The van der Waals surface area contributed by atoms with Crippen LogP contribution in [-0.2, 0) is 0 Å². The summed E-state index contributed by atoms with van der Waals surface area (Å²) in [4.78, 5) is 15.0. The Morgan fingerprint density at radius 2 is 2.17 bits per heavy atom. The zero-order valence-electron chi connectivity index (χ0n) is 9.02. The number of aromatic nitrogens is 1. The lowest BCUT2D eigenvalue weighted by molar-refractivity contribution is 0.0697. The normalized spacial score (nSPS) is 10.1. The lowest BCUT2D eigenvalue weighted by atomic mass is 10.2. The number of rotatable bonds is 3. The fraction of sp³-hybridized carbons (Fsp3) is 0. The predicted molar refractivity (Wildman–Crippen MR) is 73.6 cm³/mol.